The molecule has 2 rings (SSSR count). The van der Waals surface area contributed by atoms with Crippen molar-refractivity contribution < 1.29 is 4.79 Å². The Bertz CT molecular complexity index is 609. The number of rotatable bonds is 4. The van der Waals surface area contributed by atoms with Crippen molar-refractivity contribution in [1.82, 2.24) is 9.78 Å². The van der Waals surface area contributed by atoms with Crippen LogP contribution in [0.5, 0.6) is 0 Å². The molecule has 1 amide bonds. The van der Waals surface area contributed by atoms with Gasteiger partial charge in [0.1, 0.15) is 5.82 Å². The molecule has 0 aliphatic rings. The number of nitrogens with one attached hydrogen (secondary N) is 1. The second-order valence-corrected chi connectivity index (χ2v) is 6.38. The highest BCUT2D eigenvalue weighted by Gasteiger charge is 2.18. The molecule has 1 N–H and O–H groups in total. The number of aryl methyl sites for hydroxylation is 1. The van der Waals surface area contributed by atoms with Gasteiger partial charge in [-0.3, -0.25) is 4.79 Å². The number of carbonyl (C=O) groups is 1. The van der Waals surface area contributed by atoms with Crippen LogP contribution >= 0.6 is 0 Å². The van der Waals surface area contributed by atoms with Gasteiger partial charge in [-0.1, -0.05) is 51.1 Å². The molecule has 0 spiro atoms. The molecule has 0 aliphatic carbocycles. The van der Waals surface area contributed by atoms with Crippen LogP contribution in [0.2, 0.25) is 0 Å². The number of carbonyl (C=O) groups excluding carboxylic acids is 1. The Morgan fingerprint density at radius 3 is 2.48 bits per heavy atom. The Morgan fingerprint density at radius 1 is 1.24 bits per heavy atom. The van der Waals surface area contributed by atoms with Crippen molar-refractivity contribution in [3.8, 4) is 11.3 Å². The summed E-state index contributed by atoms with van der Waals surface area (Å²) < 4.78 is 1.82. The van der Waals surface area contributed by atoms with E-state index in [1.807, 2.05) is 48.0 Å². The molecule has 0 unspecified atom stereocenters. The minimum Gasteiger partial charge on any atom is -0.311 e. The van der Waals surface area contributed by atoms with E-state index >= 15 is 0 Å². The van der Waals surface area contributed by atoms with Crippen LogP contribution in [-0.2, 0) is 11.3 Å². The Kier molecular flexibility index (Phi) is 4.46. The van der Waals surface area contributed by atoms with Crippen LogP contribution in [0.15, 0.2) is 36.4 Å². The third kappa shape index (κ3) is 4.18. The van der Waals surface area contributed by atoms with Crippen LogP contribution in [0.4, 0.5) is 5.82 Å². The van der Waals surface area contributed by atoms with Crippen molar-refractivity contribution in [3.63, 3.8) is 0 Å². The fourth-order valence-electron chi connectivity index (χ4n) is 2.18. The number of aromatic nitrogens is 2. The molecule has 2 aromatic rings. The molecular weight excluding hydrogens is 262 g/mol. The first-order valence-electron chi connectivity index (χ1n) is 7.32. The highest BCUT2D eigenvalue weighted by atomic mass is 16.1. The lowest BCUT2D eigenvalue weighted by Crippen LogP contribution is -2.21. The Hall–Kier alpha value is -2.10. The lowest BCUT2D eigenvalue weighted by molar-refractivity contribution is -0.117. The third-order valence-corrected chi connectivity index (χ3v) is 3.11. The summed E-state index contributed by atoms with van der Waals surface area (Å²) in [5.41, 5.74) is 1.91. The maximum absolute atomic E-state index is 12.1. The van der Waals surface area contributed by atoms with E-state index in [9.17, 15) is 4.79 Å². The van der Waals surface area contributed by atoms with Crippen LogP contribution < -0.4 is 5.32 Å². The predicted octanol–water partition coefficient (Wildman–Crippen LogP) is 3.94. The van der Waals surface area contributed by atoms with Crippen molar-refractivity contribution in [2.75, 3.05) is 5.32 Å². The summed E-state index contributed by atoms with van der Waals surface area (Å²) in [6.45, 7) is 8.90. The van der Waals surface area contributed by atoms with Gasteiger partial charge < -0.3 is 5.32 Å². The SMILES string of the molecule is CCn1nc(-c2ccccc2)cc1NC(=O)CC(C)(C)C. The largest absolute Gasteiger partial charge is 0.311 e. The second kappa shape index (κ2) is 6.12. The van der Waals surface area contributed by atoms with Gasteiger partial charge in [0, 0.05) is 24.6 Å². The number of nitrogens with zero attached hydrogens (tertiary/aromatic N) is 2. The smallest absolute Gasteiger partial charge is 0.226 e. The third-order valence-electron chi connectivity index (χ3n) is 3.11. The lowest BCUT2D eigenvalue weighted by atomic mass is 9.92. The van der Waals surface area contributed by atoms with E-state index in [0.717, 1.165) is 23.6 Å². The van der Waals surface area contributed by atoms with Crippen molar-refractivity contribution in [2.24, 2.45) is 5.41 Å². The second-order valence-electron chi connectivity index (χ2n) is 6.38. The number of hydrogen-bond donors (Lipinski definition) is 1. The molecule has 112 valence electrons. The fourth-order valence-corrected chi connectivity index (χ4v) is 2.18. The monoisotopic (exact) mass is 285 g/mol. The van der Waals surface area contributed by atoms with E-state index in [4.69, 9.17) is 0 Å². The van der Waals surface area contributed by atoms with Crippen LogP contribution in [0, 0.1) is 5.41 Å². The van der Waals surface area contributed by atoms with E-state index in [1.54, 1.807) is 0 Å². The Balaban J connectivity index is 2.20. The van der Waals surface area contributed by atoms with Gasteiger partial charge in [0.2, 0.25) is 5.91 Å². The van der Waals surface area contributed by atoms with E-state index in [2.05, 4.69) is 31.2 Å². The summed E-state index contributed by atoms with van der Waals surface area (Å²) in [6, 6.07) is 11.9. The molecule has 21 heavy (non-hydrogen) atoms. The average molecular weight is 285 g/mol. The summed E-state index contributed by atoms with van der Waals surface area (Å²) in [5.74, 6) is 0.780. The van der Waals surface area contributed by atoms with E-state index in [1.165, 1.54) is 0 Å². The van der Waals surface area contributed by atoms with Crippen molar-refractivity contribution >= 4 is 11.7 Å². The van der Waals surface area contributed by atoms with Crippen molar-refractivity contribution in [1.29, 1.82) is 0 Å². The number of hydrogen-bond acceptors (Lipinski definition) is 2. The molecule has 0 radical (unpaired) electrons. The number of anilines is 1. The molecule has 0 bridgehead atoms. The molecule has 1 aromatic carbocycles. The molecule has 0 fully saturated rings. The van der Waals surface area contributed by atoms with Crippen LogP contribution in [0.25, 0.3) is 11.3 Å². The van der Waals surface area contributed by atoms with E-state index in [-0.39, 0.29) is 11.3 Å². The topological polar surface area (TPSA) is 46.9 Å². The zero-order valence-corrected chi connectivity index (χ0v) is 13.2. The highest BCUT2D eigenvalue weighted by molar-refractivity contribution is 5.90. The van der Waals surface area contributed by atoms with Crippen LogP contribution in [0.3, 0.4) is 0 Å². The molecule has 0 atom stereocenters. The molecule has 4 heteroatoms. The van der Waals surface area contributed by atoms with Gasteiger partial charge in [-0.25, -0.2) is 4.68 Å². The molecule has 1 heterocycles. The first-order valence-corrected chi connectivity index (χ1v) is 7.32. The minimum atomic E-state index is -0.0244. The molecule has 0 saturated carbocycles. The first-order chi connectivity index (χ1) is 9.89. The maximum atomic E-state index is 12.1. The molecule has 0 saturated heterocycles. The normalized spacial score (nSPS) is 11.4. The van der Waals surface area contributed by atoms with E-state index in [0.29, 0.717) is 6.42 Å². The zero-order valence-electron chi connectivity index (χ0n) is 13.2. The van der Waals surface area contributed by atoms with E-state index < -0.39 is 0 Å². The fraction of sp³-hybridized carbons (Fsp3) is 0.412. The van der Waals surface area contributed by atoms with Crippen molar-refractivity contribution in [3.05, 3.63) is 36.4 Å². The van der Waals surface area contributed by atoms with Gasteiger partial charge in [0.15, 0.2) is 0 Å². The van der Waals surface area contributed by atoms with Crippen LogP contribution in [-0.4, -0.2) is 15.7 Å². The van der Waals surface area contributed by atoms with Crippen molar-refractivity contribution in [2.45, 2.75) is 40.7 Å². The molecular formula is C17H23N3O. The standard InChI is InChI=1S/C17H23N3O/c1-5-20-15(18-16(21)12-17(2,3)4)11-14(19-20)13-9-7-6-8-10-13/h6-11H,5,12H2,1-4H3,(H,18,21). The molecule has 4 nitrogen and oxygen atoms in total. The zero-order chi connectivity index (χ0) is 15.5. The summed E-state index contributed by atoms with van der Waals surface area (Å²) >= 11 is 0. The highest BCUT2D eigenvalue weighted by Crippen LogP contribution is 2.23. The molecule has 1 aromatic heterocycles. The summed E-state index contributed by atoms with van der Waals surface area (Å²) in [4.78, 5) is 12.1. The number of amides is 1. The lowest BCUT2D eigenvalue weighted by Gasteiger charge is -2.17. The van der Waals surface area contributed by atoms with Gasteiger partial charge in [-0.05, 0) is 12.3 Å². The van der Waals surface area contributed by atoms with Gasteiger partial charge in [0.25, 0.3) is 0 Å². The quantitative estimate of drug-likeness (QED) is 0.924. The predicted molar refractivity (Wildman–Crippen MR) is 86.0 cm³/mol. The summed E-state index contributed by atoms with van der Waals surface area (Å²) in [5, 5.41) is 7.52. The maximum Gasteiger partial charge on any atom is 0.226 e. The minimum absolute atomic E-state index is 0.0244. The first kappa shape index (κ1) is 15.3. The Morgan fingerprint density at radius 2 is 1.90 bits per heavy atom. The number of benzene rings is 1. The van der Waals surface area contributed by atoms with Gasteiger partial charge >= 0.3 is 0 Å². The molecule has 0 aliphatic heterocycles. The summed E-state index contributed by atoms with van der Waals surface area (Å²) in [6.07, 6.45) is 0.489. The van der Waals surface area contributed by atoms with Crippen LogP contribution in [0.1, 0.15) is 34.1 Å². The average Bonchev–Trinajstić information content (AvgIpc) is 2.80. The van der Waals surface area contributed by atoms with Gasteiger partial charge in [-0.15, -0.1) is 0 Å². The van der Waals surface area contributed by atoms with Gasteiger partial charge in [0.05, 0.1) is 5.69 Å². The summed E-state index contributed by atoms with van der Waals surface area (Å²) in [7, 11) is 0. The van der Waals surface area contributed by atoms with Gasteiger partial charge in [-0.2, -0.15) is 5.10 Å². The Labute approximate surface area is 126 Å².